The summed E-state index contributed by atoms with van der Waals surface area (Å²) in [5.41, 5.74) is 1.49. The Kier molecular flexibility index (Phi) is 4.27. The van der Waals surface area contributed by atoms with E-state index in [9.17, 15) is 0 Å². The van der Waals surface area contributed by atoms with E-state index in [0.717, 1.165) is 5.56 Å². The third kappa shape index (κ3) is 3.40. The molecule has 96 valence electrons. The first-order valence-corrected chi connectivity index (χ1v) is 6.06. The molecule has 2 aromatic rings. The quantitative estimate of drug-likeness (QED) is 0.851. The van der Waals surface area contributed by atoms with Crippen molar-refractivity contribution in [3.8, 4) is 17.6 Å². The highest BCUT2D eigenvalue weighted by atomic mass is 35.5. The average molecular weight is 274 g/mol. The maximum absolute atomic E-state index is 8.88. The summed E-state index contributed by atoms with van der Waals surface area (Å²) >= 11 is 5.91. The summed E-state index contributed by atoms with van der Waals surface area (Å²) < 4.78 is 10.9. The van der Waals surface area contributed by atoms with E-state index in [4.69, 9.17) is 26.3 Å². The third-order valence-electron chi connectivity index (χ3n) is 2.58. The molecule has 19 heavy (non-hydrogen) atoms. The summed E-state index contributed by atoms with van der Waals surface area (Å²) in [6.45, 7) is 0.367. The van der Waals surface area contributed by atoms with Crippen LogP contribution in [-0.2, 0) is 6.61 Å². The Labute approximate surface area is 117 Å². The fraction of sp³-hybridized carbons (Fsp3) is 0.133. The van der Waals surface area contributed by atoms with Gasteiger partial charge in [0.25, 0.3) is 0 Å². The number of nitriles is 1. The van der Waals surface area contributed by atoms with Crippen LogP contribution in [0.3, 0.4) is 0 Å². The van der Waals surface area contributed by atoms with Crippen LogP contribution < -0.4 is 9.47 Å². The number of ether oxygens (including phenoxy) is 2. The molecule has 0 fully saturated rings. The fourth-order valence-corrected chi connectivity index (χ4v) is 1.86. The SMILES string of the molecule is COc1ccc(C#N)cc1OCc1cccc(Cl)c1. The minimum absolute atomic E-state index is 0.367. The van der Waals surface area contributed by atoms with Gasteiger partial charge in [-0.2, -0.15) is 5.26 Å². The van der Waals surface area contributed by atoms with Crippen LogP contribution in [0.4, 0.5) is 0 Å². The van der Waals surface area contributed by atoms with Gasteiger partial charge in [0.05, 0.1) is 18.7 Å². The Hall–Kier alpha value is -2.18. The van der Waals surface area contributed by atoms with Crippen LogP contribution in [0.5, 0.6) is 11.5 Å². The number of halogens is 1. The zero-order valence-corrected chi connectivity index (χ0v) is 11.1. The summed E-state index contributed by atoms with van der Waals surface area (Å²) in [5.74, 6) is 1.14. The second-order valence-corrected chi connectivity index (χ2v) is 4.33. The molecule has 0 N–H and O–H groups in total. The maximum Gasteiger partial charge on any atom is 0.162 e. The highest BCUT2D eigenvalue weighted by Gasteiger charge is 2.06. The van der Waals surface area contributed by atoms with Gasteiger partial charge in [-0.15, -0.1) is 0 Å². The second kappa shape index (κ2) is 6.12. The molecule has 0 aliphatic heterocycles. The van der Waals surface area contributed by atoms with Crippen molar-refractivity contribution < 1.29 is 9.47 Å². The molecule has 0 bridgehead atoms. The van der Waals surface area contributed by atoms with Crippen LogP contribution in [0.1, 0.15) is 11.1 Å². The lowest BCUT2D eigenvalue weighted by molar-refractivity contribution is 0.284. The topological polar surface area (TPSA) is 42.2 Å². The van der Waals surface area contributed by atoms with E-state index < -0.39 is 0 Å². The third-order valence-corrected chi connectivity index (χ3v) is 2.81. The first kappa shape index (κ1) is 13.3. The van der Waals surface area contributed by atoms with E-state index in [1.165, 1.54) is 0 Å². The van der Waals surface area contributed by atoms with Gasteiger partial charge in [0.15, 0.2) is 11.5 Å². The number of rotatable bonds is 4. The molecule has 2 rings (SSSR count). The van der Waals surface area contributed by atoms with Crippen LogP contribution >= 0.6 is 11.6 Å². The number of nitrogens with zero attached hydrogens (tertiary/aromatic N) is 1. The highest BCUT2D eigenvalue weighted by Crippen LogP contribution is 2.28. The van der Waals surface area contributed by atoms with Crippen LogP contribution in [0.2, 0.25) is 5.02 Å². The zero-order valence-electron chi connectivity index (χ0n) is 10.4. The van der Waals surface area contributed by atoms with Gasteiger partial charge in [0.1, 0.15) is 6.61 Å². The Balaban J connectivity index is 2.16. The van der Waals surface area contributed by atoms with Crippen LogP contribution in [0, 0.1) is 11.3 Å². The molecule has 0 unspecified atom stereocenters. The van der Waals surface area contributed by atoms with Crippen LogP contribution in [0.15, 0.2) is 42.5 Å². The lowest BCUT2D eigenvalue weighted by Crippen LogP contribution is -1.98. The molecule has 2 aromatic carbocycles. The van der Waals surface area contributed by atoms with Gasteiger partial charge < -0.3 is 9.47 Å². The molecule has 3 nitrogen and oxygen atoms in total. The van der Waals surface area contributed by atoms with E-state index in [0.29, 0.717) is 28.7 Å². The number of hydrogen-bond donors (Lipinski definition) is 0. The summed E-state index contributed by atoms with van der Waals surface area (Å²) in [6, 6.07) is 14.6. The summed E-state index contributed by atoms with van der Waals surface area (Å²) in [6.07, 6.45) is 0. The molecule has 0 radical (unpaired) electrons. The van der Waals surface area contributed by atoms with E-state index in [-0.39, 0.29) is 0 Å². The van der Waals surface area contributed by atoms with Crippen molar-refractivity contribution in [1.29, 1.82) is 5.26 Å². The zero-order chi connectivity index (χ0) is 13.7. The second-order valence-electron chi connectivity index (χ2n) is 3.90. The Morgan fingerprint density at radius 2 is 2.00 bits per heavy atom. The molecule has 0 spiro atoms. The van der Waals surface area contributed by atoms with Crippen molar-refractivity contribution in [2.45, 2.75) is 6.61 Å². The summed E-state index contributed by atoms with van der Waals surface area (Å²) in [4.78, 5) is 0. The van der Waals surface area contributed by atoms with Crippen molar-refractivity contribution in [3.05, 3.63) is 58.6 Å². The molecule has 0 heterocycles. The molecule has 0 atom stereocenters. The largest absolute Gasteiger partial charge is 0.493 e. The monoisotopic (exact) mass is 273 g/mol. The van der Waals surface area contributed by atoms with Gasteiger partial charge >= 0.3 is 0 Å². The molecule has 0 aromatic heterocycles. The van der Waals surface area contributed by atoms with Gasteiger partial charge in [-0.3, -0.25) is 0 Å². The normalized spacial score (nSPS) is 9.74. The van der Waals surface area contributed by atoms with Gasteiger partial charge in [-0.25, -0.2) is 0 Å². The average Bonchev–Trinajstić information content (AvgIpc) is 2.45. The fourth-order valence-electron chi connectivity index (χ4n) is 1.65. The number of benzene rings is 2. The minimum atomic E-state index is 0.367. The van der Waals surface area contributed by atoms with Crippen LogP contribution in [-0.4, -0.2) is 7.11 Å². The van der Waals surface area contributed by atoms with E-state index in [2.05, 4.69) is 6.07 Å². The molecule has 0 saturated heterocycles. The van der Waals surface area contributed by atoms with Gasteiger partial charge in [-0.1, -0.05) is 23.7 Å². The first-order chi connectivity index (χ1) is 9.22. The lowest BCUT2D eigenvalue weighted by Gasteiger charge is -2.11. The molecular formula is C15H12ClNO2. The van der Waals surface area contributed by atoms with E-state index in [1.807, 2.05) is 24.3 Å². The molecule has 0 amide bonds. The van der Waals surface area contributed by atoms with Gasteiger partial charge in [-0.05, 0) is 29.8 Å². The molecule has 0 aliphatic rings. The Bertz CT molecular complexity index is 620. The number of hydrogen-bond acceptors (Lipinski definition) is 3. The lowest BCUT2D eigenvalue weighted by atomic mass is 10.2. The molecule has 4 heteroatoms. The Morgan fingerprint density at radius 1 is 1.16 bits per heavy atom. The first-order valence-electron chi connectivity index (χ1n) is 5.68. The van der Waals surface area contributed by atoms with Crippen molar-refractivity contribution in [1.82, 2.24) is 0 Å². The van der Waals surface area contributed by atoms with E-state index >= 15 is 0 Å². The Morgan fingerprint density at radius 3 is 2.68 bits per heavy atom. The molecule has 0 saturated carbocycles. The van der Waals surface area contributed by atoms with Gasteiger partial charge in [0, 0.05) is 11.1 Å². The van der Waals surface area contributed by atoms with Crippen molar-refractivity contribution in [2.75, 3.05) is 7.11 Å². The van der Waals surface area contributed by atoms with Crippen molar-refractivity contribution in [3.63, 3.8) is 0 Å². The van der Waals surface area contributed by atoms with E-state index in [1.54, 1.807) is 25.3 Å². The standard InChI is InChI=1S/C15H12ClNO2/c1-18-14-6-5-11(9-17)8-15(14)19-10-12-3-2-4-13(16)7-12/h2-8H,10H2,1H3. The van der Waals surface area contributed by atoms with Crippen molar-refractivity contribution in [2.24, 2.45) is 0 Å². The molecular weight excluding hydrogens is 262 g/mol. The predicted molar refractivity (Wildman–Crippen MR) is 73.5 cm³/mol. The summed E-state index contributed by atoms with van der Waals surface area (Å²) in [7, 11) is 1.56. The maximum atomic E-state index is 8.88. The van der Waals surface area contributed by atoms with Gasteiger partial charge in [0.2, 0.25) is 0 Å². The highest BCUT2D eigenvalue weighted by molar-refractivity contribution is 6.30. The summed E-state index contributed by atoms with van der Waals surface area (Å²) in [5, 5.41) is 9.55. The molecule has 0 aliphatic carbocycles. The smallest absolute Gasteiger partial charge is 0.162 e. The predicted octanol–water partition coefficient (Wildman–Crippen LogP) is 3.80. The van der Waals surface area contributed by atoms with Crippen LogP contribution in [0.25, 0.3) is 0 Å². The van der Waals surface area contributed by atoms with Crippen molar-refractivity contribution >= 4 is 11.6 Å². The number of methoxy groups -OCH3 is 1. The minimum Gasteiger partial charge on any atom is -0.493 e.